The van der Waals surface area contributed by atoms with Crippen molar-refractivity contribution in [3.05, 3.63) is 36.2 Å². The van der Waals surface area contributed by atoms with Crippen LogP contribution in [0.3, 0.4) is 0 Å². The SMILES string of the molecule is CN(C)C(=O)CN1CCN(C(=O)NCc2nc(-c3ccccc3)no2)CC1. The Labute approximate surface area is 157 Å². The third kappa shape index (κ3) is 5.04. The van der Waals surface area contributed by atoms with Gasteiger partial charge in [-0.15, -0.1) is 0 Å². The van der Waals surface area contributed by atoms with Crippen LogP contribution in [0.2, 0.25) is 0 Å². The Hall–Kier alpha value is -2.94. The molecule has 1 aromatic heterocycles. The summed E-state index contributed by atoms with van der Waals surface area (Å²) in [5.74, 6) is 0.926. The molecule has 0 bridgehead atoms. The maximum Gasteiger partial charge on any atom is 0.317 e. The Morgan fingerprint density at radius 3 is 2.52 bits per heavy atom. The van der Waals surface area contributed by atoms with Crippen molar-refractivity contribution in [1.82, 2.24) is 30.2 Å². The number of likely N-dealkylation sites (N-methyl/N-ethyl adjacent to an activating group) is 1. The molecular formula is C18H24N6O3. The number of nitrogens with one attached hydrogen (secondary N) is 1. The predicted octanol–water partition coefficient (Wildman–Crippen LogP) is 0.652. The molecular weight excluding hydrogens is 348 g/mol. The lowest BCUT2D eigenvalue weighted by atomic mass is 10.2. The lowest BCUT2D eigenvalue weighted by molar-refractivity contribution is -0.130. The van der Waals surface area contributed by atoms with Crippen LogP contribution in [0, 0.1) is 0 Å². The summed E-state index contributed by atoms with van der Waals surface area (Å²) in [4.78, 5) is 33.7. The van der Waals surface area contributed by atoms with Gasteiger partial charge in [-0.25, -0.2) is 4.79 Å². The average Bonchev–Trinajstić information content (AvgIpc) is 3.16. The van der Waals surface area contributed by atoms with Crippen LogP contribution in [0.4, 0.5) is 4.79 Å². The van der Waals surface area contributed by atoms with Gasteiger partial charge in [0.25, 0.3) is 0 Å². The molecule has 0 spiro atoms. The number of rotatable bonds is 5. The van der Waals surface area contributed by atoms with Crippen molar-refractivity contribution >= 4 is 11.9 Å². The van der Waals surface area contributed by atoms with E-state index in [0.717, 1.165) is 5.56 Å². The normalized spacial score (nSPS) is 14.8. The second-order valence-corrected chi connectivity index (χ2v) is 6.59. The molecule has 1 aliphatic rings. The highest BCUT2D eigenvalue weighted by atomic mass is 16.5. The van der Waals surface area contributed by atoms with Crippen LogP contribution in [0.25, 0.3) is 11.4 Å². The Morgan fingerprint density at radius 1 is 1.15 bits per heavy atom. The van der Waals surface area contributed by atoms with Crippen molar-refractivity contribution in [1.29, 1.82) is 0 Å². The average molecular weight is 372 g/mol. The highest BCUT2D eigenvalue weighted by Gasteiger charge is 2.23. The van der Waals surface area contributed by atoms with Gasteiger partial charge in [0.2, 0.25) is 17.6 Å². The fourth-order valence-corrected chi connectivity index (χ4v) is 2.74. The molecule has 0 atom stereocenters. The van der Waals surface area contributed by atoms with E-state index in [2.05, 4.69) is 20.4 Å². The summed E-state index contributed by atoms with van der Waals surface area (Å²) in [6, 6.07) is 9.34. The Morgan fingerprint density at radius 2 is 1.85 bits per heavy atom. The van der Waals surface area contributed by atoms with Crippen LogP contribution in [0.15, 0.2) is 34.9 Å². The zero-order chi connectivity index (χ0) is 19.2. The number of aromatic nitrogens is 2. The Bertz CT molecular complexity index is 768. The molecule has 1 saturated heterocycles. The number of hydrogen-bond acceptors (Lipinski definition) is 6. The van der Waals surface area contributed by atoms with E-state index in [-0.39, 0.29) is 18.5 Å². The van der Waals surface area contributed by atoms with E-state index in [1.165, 1.54) is 0 Å². The second kappa shape index (κ2) is 8.63. The molecule has 9 nitrogen and oxygen atoms in total. The zero-order valence-corrected chi connectivity index (χ0v) is 15.6. The van der Waals surface area contributed by atoms with Gasteiger partial charge in [0.05, 0.1) is 13.1 Å². The molecule has 0 aliphatic carbocycles. The van der Waals surface area contributed by atoms with Gasteiger partial charge in [-0.05, 0) is 0 Å². The molecule has 144 valence electrons. The van der Waals surface area contributed by atoms with Crippen molar-refractivity contribution in [2.75, 3.05) is 46.8 Å². The van der Waals surface area contributed by atoms with Gasteiger partial charge in [-0.1, -0.05) is 35.5 Å². The molecule has 1 N–H and O–H groups in total. The third-order valence-electron chi connectivity index (χ3n) is 4.41. The zero-order valence-electron chi connectivity index (χ0n) is 15.6. The summed E-state index contributed by atoms with van der Waals surface area (Å²) >= 11 is 0. The number of carbonyl (C=O) groups excluding carboxylic acids is 2. The van der Waals surface area contributed by atoms with Gasteiger partial charge in [0.15, 0.2) is 0 Å². The summed E-state index contributed by atoms with van der Waals surface area (Å²) in [6.07, 6.45) is 0. The smallest absolute Gasteiger partial charge is 0.317 e. The summed E-state index contributed by atoms with van der Waals surface area (Å²) in [6.45, 7) is 3.05. The molecule has 0 radical (unpaired) electrons. The van der Waals surface area contributed by atoms with Crippen molar-refractivity contribution < 1.29 is 14.1 Å². The molecule has 3 rings (SSSR count). The topological polar surface area (TPSA) is 94.8 Å². The van der Waals surface area contributed by atoms with Gasteiger partial charge in [-0.3, -0.25) is 9.69 Å². The highest BCUT2D eigenvalue weighted by molar-refractivity contribution is 5.77. The van der Waals surface area contributed by atoms with Crippen molar-refractivity contribution in [2.24, 2.45) is 0 Å². The number of carbonyl (C=O) groups is 2. The number of urea groups is 1. The van der Waals surface area contributed by atoms with Crippen molar-refractivity contribution in [2.45, 2.75) is 6.54 Å². The summed E-state index contributed by atoms with van der Waals surface area (Å²) < 4.78 is 5.20. The minimum Gasteiger partial charge on any atom is -0.348 e. The van der Waals surface area contributed by atoms with E-state index in [1.54, 1.807) is 23.9 Å². The fourth-order valence-electron chi connectivity index (χ4n) is 2.74. The van der Waals surface area contributed by atoms with Gasteiger partial charge in [-0.2, -0.15) is 4.98 Å². The van der Waals surface area contributed by atoms with Crippen molar-refractivity contribution in [3.63, 3.8) is 0 Å². The highest BCUT2D eigenvalue weighted by Crippen LogP contribution is 2.14. The van der Waals surface area contributed by atoms with Crippen LogP contribution in [0.1, 0.15) is 5.89 Å². The maximum absolute atomic E-state index is 12.3. The van der Waals surface area contributed by atoms with E-state index < -0.39 is 0 Å². The second-order valence-electron chi connectivity index (χ2n) is 6.59. The minimum absolute atomic E-state index is 0.0681. The van der Waals surface area contributed by atoms with E-state index in [9.17, 15) is 9.59 Å². The van der Waals surface area contributed by atoms with E-state index in [0.29, 0.717) is 44.4 Å². The molecule has 9 heteroatoms. The number of amides is 3. The van der Waals surface area contributed by atoms with E-state index in [1.807, 2.05) is 30.3 Å². The van der Waals surface area contributed by atoms with Crippen LogP contribution >= 0.6 is 0 Å². The Balaban J connectivity index is 1.44. The molecule has 1 aliphatic heterocycles. The molecule has 3 amide bonds. The molecule has 27 heavy (non-hydrogen) atoms. The number of nitrogens with zero attached hydrogens (tertiary/aromatic N) is 5. The van der Waals surface area contributed by atoms with Crippen LogP contribution in [-0.2, 0) is 11.3 Å². The first-order valence-electron chi connectivity index (χ1n) is 8.86. The quantitative estimate of drug-likeness (QED) is 0.828. The molecule has 0 saturated carbocycles. The monoisotopic (exact) mass is 372 g/mol. The number of hydrogen-bond donors (Lipinski definition) is 1. The predicted molar refractivity (Wildman–Crippen MR) is 98.7 cm³/mol. The largest absolute Gasteiger partial charge is 0.348 e. The van der Waals surface area contributed by atoms with Crippen LogP contribution < -0.4 is 5.32 Å². The van der Waals surface area contributed by atoms with Crippen LogP contribution in [-0.4, -0.2) is 83.6 Å². The van der Waals surface area contributed by atoms with Crippen molar-refractivity contribution in [3.8, 4) is 11.4 Å². The maximum atomic E-state index is 12.3. The lowest BCUT2D eigenvalue weighted by Gasteiger charge is -2.34. The first kappa shape index (κ1) is 18.8. The first-order valence-corrected chi connectivity index (χ1v) is 8.86. The molecule has 1 aromatic carbocycles. The minimum atomic E-state index is -0.173. The number of benzene rings is 1. The van der Waals surface area contributed by atoms with E-state index >= 15 is 0 Å². The standard InChI is InChI=1S/C18H24N6O3/c1-22(2)16(25)13-23-8-10-24(11-9-23)18(26)19-12-15-20-17(21-27-15)14-6-4-3-5-7-14/h3-7H,8-13H2,1-2H3,(H,19,26). The molecule has 0 unspecified atom stereocenters. The van der Waals surface area contributed by atoms with E-state index in [4.69, 9.17) is 4.52 Å². The fraction of sp³-hybridized carbons (Fsp3) is 0.444. The summed E-state index contributed by atoms with van der Waals surface area (Å²) in [7, 11) is 3.49. The lowest BCUT2D eigenvalue weighted by Crippen LogP contribution is -2.53. The molecule has 2 aromatic rings. The number of piperazine rings is 1. The summed E-state index contributed by atoms with van der Waals surface area (Å²) in [5.41, 5.74) is 0.863. The van der Waals surface area contributed by atoms with Gasteiger partial charge in [0.1, 0.15) is 0 Å². The van der Waals surface area contributed by atoms with Gasteiger partial charge in [0, 0.05) is 45.8 Å². The first-order chi connectivity index (χ1) is 13.0. The summed E-state index contributed by atoms with van der Waals surface area (Å²) in [5, 5.41) is 6.74. The van der Waals surface area contributed by atoms with Gasteiger partial charge < -0.3 is 19.6 Å². The Kier molecular flexibility index (Phi) is 6.02. The molecule has 1 fully saturated rings. The molecule has 2 heterocycles. The van der Waals surface area contributed by atoms with Gasteiger partial charge >= 0.3 is 6.03 Å². The van der Waals surface area contributed by atoms with Crippen LogP contribution in [0.5, 0.6) is 0 Å². The third-order valence-corrected chi connectivity index (χ3v) is 4.41.